The largest absolute Gasteiger partial charge is 0.496 e. The molecule has 0 fully saturated rings. The highest BCUT2D eigenvalue weighted by Gasteiger charge is 2.15. The van der Waals surface area contributed by atoms with Gasteiger partial charge in [-0.05, 0) is 25.1 Å². The van der Waals surface area contributed by atoms with Crippen LogP contribution in [0.3, 0.4) is 0 Å². The number of hydrogen-bond donors (Lipinski definition) is 0. The molecule has 0 aliphatic carbocycles. The fraction of sp³-hybridized carbons (Fsp3) is 0.200. The maximum atomic E-state index is 12.1. The monoisotopic (exact) mass is 272 g/mol. The summed E-state index contributed by atoms with van der Waals surface area (Å²) in [6.07, 6.45) is 3.08. The Morgan fingerprint density at radius 3 is 2.75 bits per heavy atom. The molecule has 1 heterocycles. The van der Waals surface area contributed by atoms with Crippen LogP contribution in [0.25, 0.3) is 0 Å². The summed E-state index contributed by atoms with van der Waals surface area (Å²) in [5.74, 6) is 1.06. The number of nitrogens with zero attached hydrogens (tertiary/aromatic N) is 2. The molecule has 0 saturated carbocycles. The van der Waals surface area contributed by atoms with E-state index in [9.17, 15) is 4.79 Å². The normalized spacial score (nSPS) is 10.8. The standard InChI is InChI=1S/C15H16N2O3/c1-11-13(8-9-20-11)15(18)17(2)16-10-12-6-4-5-7-14(12)19-3/h4-10H,1-3H3/b16-10-. The molecule has 0 bridgehead atoms. The van der Waals surface area contributed by atoms with E-state index >= 15 is 0 Å². The number of amides is 1. The predicted molar refractivity (Wildman–Crippen MR) is 76.1 cm³/mol. The number of furan rings is 1. The van der Waals surface area contributed by atoms with Crippen molar-refractivity contribution in [3.8, 4) is 5.75 Å². The molecule has 0 spiro atoms. The molecule has 0 atom stereocenters. The van der Waals surface area contributed by atoms with Crippen LogP contribution in [0.2, 0.25) is 0 Å². The summed E-state index contributed by atoms with van der Waals surface area (Å²) in [5.41, 5.74) is 1.31. The number of carbonyl (C=O) groups excluding carboxylic acids is 1. The van der Waals surface area contributed by atoms with E-state index in [-0.39, 0.29) is 5.91 Å². The Balaban J connectivity index is 2.15. The average Bonchev–Trinajstić information content (AvgIpc) is 2.90. The van der Waals surface area contributed by atoms with Gasteiger partial charge in [0, 0.05) is 12.6 Å². The van der Waals surface area contributed by atoms with Crippen molar-refractivity contribution < 1.29 is 13.9 Å². The molecule has 104 valence electrons. The zero-order valence-corrected chi connectivity index (χ0v) is 11.7. The third kappa shape index (κ3) is 2.88. The van der Waals surface area contributed by atoms with E-state index in [1.54, 1.807) is 33.4 Å². The van der Waals surface area contributed by atoms with Gasteiger partial charge in [0.1, 0.15) is 11.5 Å². The van der Waals surface area contributed by atoms with Crippen molar-refractivity contribution in [1.29, 1.82) is 0 Å². The molecule has 0 aliphatic heterocycles. The van der Waals surface area contributed by atoms with E-state index in [0.29, 0.717) is 17.1 Å². The SMILES string of the molecule is COc1ccccc1/C=N\N(C)C(=O)c1ccoc1C. The summed E-state index contributed by atoms with van der Waals surface area (Å²) >= 11 is 0. The highest BCUT2D eigenvalue weighted by atomic mass is 16.5. The van der Waals surface area contributed by atoms with Crippen LogP contribution in [-0.4, -0.2) is 31.3 Å². The van der Waals surface area contributed by atoms with Crippen LogP contribution in [0, 0.1) is 6.92 Å². The van der Waals surface area contributed by atoms with Gasteiger partial charge in [-0.1, -0.05) is 12.1 Å². The number of benzene rings is 1. The van der Waals surface area contributed by atoms with E-state index in [1.807, 2.05) is 24.3 Å². The first-order chi connectivity index (χ1) is 9.63. The van der Waals surface area contributed by atoms with E-state index in [0.717, 1.165) is 5.56 Å². The molecule has 0 radical (unpaired) electrons. The van der Waals surface area contributed by atoms with E-state index < -0.39 is 0 Å². The number of hydrazone groups is 1. The van der Waals surface area contributed by atoms with E-state index in [1.165, 1.54) is 11.3 Å². The van der Waals surface area contributed by atoms with Gasteiger partial charge >= 0.3 is 0 Å². The number of rotatable bonds is 4. The first kappa shape index (κ1) is 13.9. The molecule has 1 amide bonds. The highest BCUT2D eigenvalue weighted by Crippen LogP contribution is 2.15. The van der Waals surface area contributed by atoms with Crippen LogP contribution < -0.4 is 4.74 Å². The summed E-state index contributed by atoms with van der Waals surface area (Å²) in [4.78, 5) is 12.1. The lowest BCUT2D eigenvalue weighted by atomic mass is 10.2. The Bertz CT molecular complexity index is 632. The molecular formula is C15H16N2O3. The molecule has 1 aromatic carbocycles. The van der Waals surface area contributed by atoms with Gasteiger partial charge in [0.2, 0.25) is 0 Å². The van der Waals surface area contributed by atoms with Gasteiger partial charge in [-0.3, -0.25) is 4.79 Å². The summed E-state index contributed by atoms with van der Waals surface area (Å²) in [6, 6.07) is 9.09. The molecule has 0 aliphatic rings. The van der Waals surface area contributed by atoms with Gasteiger partial charge < -0.3 is 9.15 Å². The van der Waals surface area contributed by atoms with Gasteiger partial charge in [-0.2, -0.15) is 5.10 Å². The van der Waals surface area contributed by atoms with Crippen LogP contribution >= 0.6 is 0 Å². The zero-order chi connectivity index (χ0) is 14.5. The van der Waals surface area contributed by atoms with Crippen LogP contribution in [0.15, 0.2) is 46.1 Å². The summed E-state index contributed by atoms with van der Waals surface area (Å²) in [6.45, 7) is 1.74. The Labute approximate surface area is 117 Å². The number of para-hydroxylation sites is 1. The second-order valence-electron chi connectivity index (χ2n) is 4.21. The van der Waals surface area contributed by atoms with Crippen molar-refractivity contribution in [3.63, 3.8) is 0 Å². The topological polar surface area (TPSA) is 55.0 Å². The summed E-state index contributed by atoms with van der Waals surface area (Å²) in [5, 5.41) is 5.41. The minimum atomic E-state index is -0.220. The maximum Gasteiger partial charge on any atom is 0.277 e. The maximum absolute atomic E-state index is 12.1. The van der Waals surface area contributed by atoms with Gasteiger partial charge in [-0.15, -0.1) is 0 Å². The van der Waals surface area contributed by atoms with Crippen molar-refractivity contribution in [2.24, 2.45) is 5.10 Å². The number of methoxy groups -OCH3 is 1. The lowest BCUT2D eigenvalue weighted by Crippen LogP contribution is -2.21. The lowest BCUT2D eigenvalue weighted by Gasteiger charge is -2.10. The summed E-state index contributed by atoms with van der Waals surface area (Å²) < 4.78 is 10.3. The minimum absolute atomic E-state index is 0.220. The van der Waals surface area contributed by atoms with Gasteiger partial charge in [0.25, 0.3) is 5.91 Å². The third-order valence-electron chi connectivity index (χ3n) is 2.89. The Hall–Kier alpha value is -2.56. The van der Waals surface area contributed by atoms with Gasteiger partial charge in [-0.25, -0.2) is 5.01 Å². The summed E-state index contributed by atoms with van der Waals surface area (Å²) in [7, 11) is 3.19. The smallest absolute Gasteiger partial charge is 0.277 e. The van der Waals surface area contributed by atoms with Crippen molar-refractivity contribution in [2.45, 2.75) is 6.92 Å². The Morgan fingerprint density at radius 1 is 1.35 bits per heavy atom. The second kappa shape index (κ2) is 6.06. The fourth-order valence-corrected chi connectivity index (χ4v) is 1.76. The molecule has 5 heteroatoms. The first-order valence-electron chi connectivity index (χ1n) is 6.12. The van der Waals surface area contributed by atoms with Crippen molar-refractivity contribution in [3.05, 3.63) is 53.5 Å². The molecule has 0 saturated heterocycles. The predicted octanol–water partition coefficient (Wildman–Crippen LogP) is 2.70. The quantitative estimate of drug-likeness (QED) is 0.635. The molecule has 2 aromatic rings. The van der Waals surface area contributed by atoms with Crippen LogP contribution in [0.5, 0.6) is 5.75 Å². The van der Waals surface area contributed by atoms with E-state index in [2.05, 4.69) is 5.10 Å². The Kier molecular flexibility index (Phi) is 4.20. The van der Waals surface area contributed by atoms with Crippen molar-refractivity contribution in [1.82, 2.24) is 5.01 Å². The fourth-order valence-electron chi connectivity index (χ4n) is 1.76. The van der Waals surface area contributed by atoms with Crippen molar-refractivity contribution >= 4 is 12.1 Å². The van der Waals surface area contributed by atoms with Crippen LogP contribution in [0.1, 0.15) is 21.7 Å². The molecule has 1 aromatic heterocycles. The molecule has 5 nitrogen and oxygen atoms in total. The molecule has 20 heavy (non-hydrogen) atoms. The minimum Gasteiger partial charge on any atom is -0.496 e. The van der Waals surface area contributed by atoms with Gasteiger partial charge in [0.05, 0.1) is 25.2 Å². The van der Waals surface area contributed by atoms with Gasteiger partial charge in [0.15, 0.2) is 0 Å². The van der Waals surface area contributed by atoms with Crippen LogP contribution in [0.4, 0.5) is 0 Å². The second-order valence-corrected chi connectivity index (χ2v) is 4.21. The van der Waals surface area contributed by atoms with E-state index in [4.69, 9.17) is 9.15 Å². The van der Waals surface area contributed by atoms with Crippen LogP contribution in [-0.2, 0) is 0 Å². The molecule has 0 unspecified atom stereocenters. The average molecular weight is 272 g/mol. The first-order valence-corrected chi connectivity index (χ1v) is 6.12. The third-order valence-corrected chi connectivity index (χ3v) is 2.89. The number of aryl methyl sites for hydroxylation is 1. The molecule has 0 N–H and O–H groups in total. The Morgan fingerprint density at radius 2 is 2.10 bits per heavy atom. The molecular weight excluding hydrogens is 256 g/mol. The number of hydrogen-bond acceptors (Lipinski definition) is 4. The number of carbonyl (C=O) groups is 1. The van der Waals surface area contributed by atoms with Crippen molar-refractivity contribution in [2.75, 3.05) is 14.2 Å². The lowest BCUT2D eigenvalue weighted by molar-refractivity contribution is 0.0798. The number of ether oxygens (including phenoxy) is 1. The highest BCUT2D eigenvalue weighted by molar-refractivity contribution is 5.95. The molecule has 2 rings (SSSR count). The zero-order valence-electron chi connectivity index (χ0n) is 11.7.